The predicted molar refractivity (Wildman–Crippen MR) is 112 cm³/mol. The number of benzene rings is 2. The third-order valence-corrected chi connectivity index (χ3v) is 5.27. The zero-order valence-electron chi connectivity index (χ0n) is 15.2. The molecule has 4 aromatic rings. The Balaban J connectivity index is 2.11. The van der Waals surface area contributed by atoms with Gasteiger partial charge in [-0.05, 0) is 25.1 Å². The number of carbonyl (C=O) groups excluding carboxylic acids is 1. The number of rotatable bonds is 4. The zero-order chi connectivity index (χ0) is 20.7. The van der Waals surface area contributed by atoms with Crippen molar-refractivity contribution < 1.29 is 9.53 Å². The molecule has 0 saturated heterocycles. The lowest BCUT2D eigenvalue weighted by molar-refractivity contribution is 0.111. The Kier molecular flexibility index (Phi) is 5.12. The zero-order valence-corrected chi connectivity index (χ0v) is 17.4. The summed E-state index contributed by atoms with van der Waals surface area (Å²) in [5.41, 5.74) is 1.93. The molecule has 0 aliphatic rings. The van der Waals surface area contributed by atoms with Crippen molar-refractivity contribution in [2.45, 2.75) is 6.92 Å². The molecule has 0 spiro atoms. The molecule has 0 amide bonds. The maximum absolute atomic E-state index is 11.5. The van der Waals surface area contributed by atoms with Gasteiger partial charge in [0.15, 0.2) is 17.8 Å². The van der Waals surface area contributed by atoms with Gasteiger partial charge in [0.2, 0.25) is 5.88 Å². The van der Waals surface area contributed by atoms with Crippen LogP contribution in [0.4, 0.5) is 0 Å². The van der Waals surface area contributed by atoms with Crippen molar-refractivity contribution >= 4 is 52.1 Å². The Labute approximate surface area is 180 Å². The first-order valence-corrected chi connectivity index (χ1v) is 9.45. The van der Waals surface area contributed by atoms with Crippen molar-refractivity contribution in [1.82, 2.24) is 24.7 Å². The minimum absolute atomic E-state index is 0.0367. The van der Waals surface area contributed by atoms with E-state index < -0.39 is 0 Å². The van der Waals surface area contributed by atoms with E-state index in [1.165, 1.54) is 7.11 Å². The number of aromatic nitrogens is 5. The lowest BCUT2D eigenvalue weighted by Gasteiger charge is -2.15. The second-order valence-corrected chi connectivity index (χ2v) is 7.26. The van der Waals surface area contributed by atoms with E-state index in [0.717, 1.165) is 5.56 Å². The van der Waals surface area contributed by atoms with Crippen LogP contribution in [-0.2, 0) is 0 Å². The molecular weight excluding hydrogens is 437 g/mol. The number of ether oxygens (including phenoxy) is 1. The maximum atomic E-state index is 11.5. The van der Waals surface area contributed by atoms with Gasteiger partial charge in [-0.2, -0.15) is 0 Å². The van der Waals surface area contributed by atoms with Gasteiger partial charge in [0, 0.05) is 10.6 Å². The largest absolute Gasteiger partial charge is 0.479 e. The standard InChI is InChI=1S/C19H12Cl3N5O2/c1-9-25-26-18(10-4-3-5-11(20)6-10)27(9)17-15(22)12(21)7-13-16(17)23-14(8-28)19(24-13)29-2/h3-8H,1-2H3. The van der Waals surface area contributed by atoms with Gasteiger partial charge >= 0.3 is 0 Å². The van der Waals surface area contributed by atoms with E-state index >= 15 is 0 Å². The summed E-state index contributed by atoms with van der Waals surface area (Å²) in [4.78, 5) is 20.2. The van der Waals surface area contributed by atoms with Crippen molar-refractivity contribution in [3.8, 4) is 23.0 Å². The highest BCUT2D eigenvalue weighted by Gasteiger charge is 2.23. The third kappa shape index (κ3) is 3.31. The predicted octanol–water partition coefficient (Wildman–Crippen LogP) is 4.97. The quantitative estimate of drug-likeness (QED) is 0.410. The summed E-state index contributed by atoms with van der Waals surface area (Å²) in [5.74, 6) is 1.11. The highest BCUT2D eigenvalue weighted by Crippen LogP contribution is 2.38. The van der Waals surface area contributed by atoms with Crippen molar-refractivity contribution in [1.29, 1.82) is 0 Å². The Morgan fingerprint density at radius 1 is 1.10 bits per heavy atom. The van der Waals surface area contributed by atoms with Crippen LogP contribution in [0.2, 0.25) is 15.1 Å². The summed E-state index contributed by atoms with van der Waals surface area (Å²) in [5, 5.41) is 9.47. The van der Waals surface area contributed by atoms with Crippen LogP contribution in [0.3, 0.4) is 0 Å². The molecule has 4 rings (SSSR count). The smallest absolute Gasteiger partial charge is 0.243 e. The molecule has 0 aliphatic carbocycles. The number of aldehydes is 1. The number of hydrogen-bond donors (Lipinski definition) is 0. The molecule has 0 aliphatic heterocycles. The van der Waals surface area contributed by atoms with Crippen LogP contribution in [0, 0.1) is 6.92 Å². The molecule has 0 atom stereocenters. The van der Waals surface area contributed by atoms with E-state index in [2.05, 4.69) is 20.2 Å². The van der Waals surface area contributed by atoms with E-state index in [0.29, 0.717) is 39.7 Å². The summed E-state index contributed by atoms with van der Waals surface area (Å²) in [7, 11) is 1.41. The molecule has 0 fully saturated rings. The lowest BCUT2D eigenvalue weighted by Crippen LogP contribution is -2.06. The monoisotopic (exact) mass is 447 g/mol. The molecule has 0 N–H and O–H groups in total. The summed E-state index contributed by atoms with van der Waals surface area (Å²) >= 11 is 19.1. The number of fused-ring (bicyclic) bond motifs is 1. The van der Waals surface area contributed by atoms with Crippen LogP contribution in [0.25, 0.3) is 28.1 Å². The Hall–Kier alpha value is -2.74. The summed E-state index contributed by atoms with van der Waals surface area (Å²) in [6.07, 6.45) is 0.564. The molecule has 10 heteroatoms. The van der Waals surface area contributed by atoms with Crippen LogP contribution in [-0.4, -0.2) is 38.1 Å². The molecule has 7 nitrogen and oxygen atoms in total. The average molecular weight is 449 g/mol. The van der Waals surface area contributed by atoms with E-state index in [9.17, 15) is 4.79 Å². The fourth-order valence-electron chi connectivity index (χ4n) is 3.00. The summed E-state index contributed by atoms with van der Waals surface area (Å²) < 4.78 is 6.85. The van der Waals surface area contributed by atoms with Gasteiger partial charge in [-0.25, -0.2) is 9.97 Å². The minimum Gasteiger partial charge on any atom is -0.479 e. The van der Waals surface area contributed by atoms with Crippen LogP contribution >= 0.6 is 34.8 Å². The van der Waals surface area contributed by atoms with E-state index in [1.54, 1.807) is 35.8 Å². The minimum atomic E-state index is 0.0367. The topological polar surface area (TPSA) is 82.8 Å². The van der Waals surface area contributed by atoms with E-state index in [-0.39, 0.29) is 21.6 Å². The Morgan fingerprint density at radius 3 is 2.59 bits per heavy atom. The number of carbonyl (C=O) groups is 1. The first-order chi connectivity index (χ1) is 13.9. The fraction of sp³-hybridized carbons (Fsp3) is 0.105. The second kappa shape index (κ2) is 7.59. The van der Waals surface area contributed by atoms with Crippen molar-refractivity contribution in [2.24, 2.45) is 0 Å². The fourth-order valence-corrected chi connectivity index (χ4v) is 3.61. The highest BCUT2D eigenvalue weighted by molar-refractivity contribution is 6.44. The highest BCUT2D eigenvalue weighted by atomic mass is 35.5. The molecule has 0 bridgehead atoms. The van der Waals surface area contributed by atoms with Crippen LogP contribution in [0.15, 0.2) is 30.3 Å². The molecular formula is C19H12Cl3N5O2. The number of methoxy groups -OCH3 is 1. The molecule has 2 aromatic carbocycles. The average Bonchev–Trinajstić information content (AvgIpc) is 3.09. The molecule has 2 aromatic heterocycles. The van der Waals surface area contributed by atoms with Gasteiger partial charge in [0.25, 0.3) is 0 Å². The van der Waals surface area contributed by atoms with E-state index in [1.807, 2.05) is 6.07 Å². The van der Waals surface area contributed by atoms with E-state index in [4.69, 9.17) is 39.5 Å². The molecule has 146 valence electrons. The van der Waals surface area contributed by atoms with Gasteiger partial charge < -0.3 is 4.74 Å². The molecule has 2 heterocycles. The SMILES string of the molecule is COc1nc2cc(Cl)c(Cl)c(-n3c(C)nnc3-c3cccc(Cl)c3)c2nc1C=O. The van der Waals surface area contributed by atoms with Gasteiger partial charge in [-0.15, -0.1) is 10.2 Å². The van der Waals surface area contributed by atoms with Gasteiger partial charge in [0.1, 0.15) is 11.3 Å². The number of nitrogens with zero attached hydrogens (tertiary/aromatic N) is 5. The van der Waals surface area contributed by atoms with Crippen molar-refractivity contribution in [2.75, 3.05) is 7.11 Å². The third-order valence-electron chi connectivity index (χ3n) is 4.26. The summed E-state index contributed by atoms with van der Waals surface area (Å²) in [6.45, 7) is 1.77. The van der Waals surface area contributed by atoms with Gasteiger partial charge in [0.05, 0.1) is 28.4 Å². The molecule has 0 radical (unpaired) electrons. The van der Waals surface area contributed by atoms with Crippen molar-refractivity contribution in [3.05, 3.63) is 56.9 Å². The maximum Gasteiger partial charge on any atom is 0.243 e. The molecule has 29 heavy (non-hydrogen) atoms. The second-order valence-electron chi connectivity index (χ2n) is 6.04. The van der Waals surface area contributed by atoms with Crippen LogP contribution in [0.1, 0.15) is 16.3 Å². The number of halogens is 3. The van der Waals surface area contributed by atoms with Gasteiger partial charge in [-0.1, -0.05) is 46.9 Å². The van der Waals surface area contributed by atoms with Crippen LogP contribution < -0.4 is 4.74 Å². The van der Waals surface area contributed by atoms with Crippen molar-refractivity contribution in [3.63, 3.8) is 0 Å². The molecule has 0 saturated carbocycles. The van der Waals surface area contributed by atoms with Gasteiger partial charge in [-0.3, -0.25) is 9.36 Å². The number of aryl methyl sites for hydroxylation is 1. The lowest BCUT2D eigenvalue weighted by atomic mass is 10.2. The Morgan fingerprint density at radius 2 is 1.90 bits per heavy atom. The van der Waals surface area contributed by atoms with Crippen LogP contribution in [0.5, 0.6) is 5.88 Å². The first-order valence-electron chi connectivity index (χ1n) is 8.31. The Bertz CT molecular complexity index is 1270. The first kappa shape index (κ1) is 19.6. The normalized spacial score (nSPS) is 11.1. The molecule has 0 unspecified atom stereocenters. The summed E-state index contributed by atoms with van der Waals surface area (Å²) in [6, 6.07) is 8.73. The number of hydrogen-bond acceptors (Lipinski definition) is 6.